The molecule has 0 spiro atoms. The van der Waals surface area contributed by atoms with Crippen LogP contribution in [0.5, 0.6) is 0 Å². The molecule has 210 valence electrons. The Morgan fingerprint density at radius 1 is 0.487 bits per heavy atom. The number of hydrogen-bond acceptors (Lipinski definition) is 2. The summed E-state index contributed by atoms with van der Waals surface area (Å²) >= 11 is 1.82. The van der Waals surface area contributed by atoms with Gasteiger partial charge in [0.15, 0.2) is 0 Å². The molecular weight excluding hydrogens is 650 g/mol. The third kappa shape index (κ3) is 15.7. The molecule has 11 heteroatoms. The number of halogens is 5. The third-order valence-corrected chi connectivity index (χ3v) is 10.1. The van der Waals surface area contributed by atoms with Crippen LogP contribution < -0.4 is 32.7 Å². The average molecular weight is 682 g/mol. The quantitative estimate of drug-likeness (QED) is 0.133. The Morgan fingerprint density at radius 2 is 0.667 bits per heavy atom. The number of rotatable bonds is 8. The Morgan fingerprint density at radius 3 is 0.821 bits per heavy atom. The number of benzene rings is 4. The van der Waals surface area contributed by atoms with Crippen molar-refractivity contribution in [3.8, 4) is 0 Å². The normalized spacial score (nSPS) is 10.4. The van der Waals surface area contributed by atoms with Crippen LogP contribution in [0.15, 0.2) is 121 Å². The van der Waals surface area contributed by atoms with E-state index in [0.717, 1.165) is 25.4 Å². The zero-order chi connectivity index (χ0) is 28.9. The molecule has 4 N–H and O–H groups in total. The summed E-state index contributed by atoms with van der Waals surface area (Å²) in [6, 6.07) is 42.7. The minimum atomic E-state index is -6.00. The van der Waals surface area contributed by atoms with E-state index in [1.807, 2.05) is 17.3 Å². The van der Waals surface area contributed by atoms with E-state index < -0.39 is 7.25 Å². The Bertz CT molecular complexity index is 950. The second kappa shape index (κ2) is 21.2. The molecule has 0 fully saturated rings. The molecule has 4 aromatic carbocycles. The SMILES string of the molecule is F[B-](F)(F)F.NCCP(c1ccccc1)c1ccccc1.NCCP(c1ccccc1)c1ccccc1.[Cl][Ru+]. The molecule has 0 aliphatic carbocycles. The van der Waals surface area contributed by atoms with E-state index in [4.69, 9.17) is 11.5 Å². The molecule has 0 amide bonds. The van der Waals surface area contributed by atoms with Crippen molar-refractivity contribution in [2.75, 3.05) is 25.4 Å². The van der Waals surface area contributed by atoms with Gasteiger partial charge in [-0.05, 0) is 62.5 Å². The molecule has 0 aliphatic rings. The van der Waals surface area contributed by atoms with Gasteiger partial charge in [-0.15, -0.1) is 0 Å². The van der Waals surface area contributed by atoms with Gasteiger partial charge in [0.25, 0.3) is 0 Å². The summed E-state index contributed by atoms with van der Waals surface area (Å²) in [5.74, 6) is 0. The van der Waals surface area contributed by atoms with E-state index in [-0.39, 0.29) is 15.8 Å². The molecule has 0 atom stereocenters. The molecule has 39 heavy (non-hydrogen) atoms. The van der Waals surface area contributed by atoms with Crippen molar-refractivity contribution in [3.63, 3.8) is 0 Å². The van der Waals surface area contributed by atoms with Crippen molar-refractivity contribution >= 4 is 54.0 Å². The topological polar surface area (TPSA) is 52.0 Å². The molecule has 0 saturated carbocycles. The van der Waals surface area contributed by atoms with Gasteiger partial charge in [-0.25, -0.2) is 0 Å². The predicted molar refractivity (Wildman–Crippen MR) is 162 cm³/mol. The average Bonchev–Trinajstić information content (AvgIpc) is 2.97. The minimum absolute atomic E-state index is 0.276. The molecule has 4 rings (SSSR count). The Kier molecular flexibility index (Phi) is 19.2. The van der Waals surface area contributed by atoms with Crippen LogP contribution >= 0.6 is 25.5 Å². The van der Waals surface area contributed by atoms with Crippen molar-refractivity contribution in [2.24, 2.45) is 11.5 Å². The summed E-state index contributed by atoms with van der Waals surface area (Å²) in [6.07, 6.45) is 2.12. The first-order valence-electron chi connectivity index (χ1n) is 12.0. The molecule has 0 bridgehead atoms. The molecule has 0 heterocycles. The molecular formula is C28H32BClF4N2P2Ru. The van der Waals surface area contributed by atoms with E-state index in [1.165, 1.54) is 21.2 Å². The summed E-state index contributed by atoms with van der Waals surface area (Å²) in [7, 11) is -1.98. The summed E-state index contributed by atoms with van der Waals surface area (Å²) in [4.78, 5) is 0. The van der Waals surface area contributed by atoms with E-state index >= 15 is 0 Å². The molecule has 2 nitrogen and oxygen atoms in total. The van der Waals surface area contributed by atoms with Crippen molar-refractivity contribution in [2.45, 2.75) is 0 Å². The summed E-state index contributed by atoms with van der Waals surface area (Å²) < 4.78 is 39.0. The molecule has 0 aromatic heterocycles. The second-order valence-corrected chi connectivity index (χ2v) is 12.4. The van der Waals surface area contributed by atoms with Crippen molar-refractivity contribution in [1.29, 1.82) is 0 Å². The van der Waals surface area contributed by atoms with Crippen LogP contribution in [0.4, 0.5) is 17.3 Å². The van der Waals surface area contributed by atoms with Gasteiger partial charge < -0.3 is 28.7 Å². The van der Waals surface area contributed by atoms with E-state index in [0.29, 0.717) is 0 Å². The van der Waals surface area contributed by atoms with Crippen LogP contribution in [0.2, 0.25) is 0 Å². The molecule has 0 radical (unpaired) electrons. The van der Waals surface area contributed by atoms with Crippen LogP contribution in [0, 0.1) is 0 Å². The zero-order valence-corrected chi connectivity index (χ0v) is 25.5. The summed E-state index contributed by atoms with van der Waals surface area (Å²) in [5.41, 5.74) is 11.4. The van der Waals surface area contributed by atoms with Gasteiger partial charge in [-0.1, -0.05) is 121 Å². The fourth-order valence-electron chi connectivity index (χ4n) is 3.50. The predicted octanol–water partition coefficient (Wildman–Crippen LogP) is 6.14. The van der Waals surface area contributed by atoms with Crippen LogP contribution in [0.3, 0.4) is 0 Å². The van der Waals surface area contributed by atoms with E-state index in [1.54, 1.807) is 0 Å². The fourth-order valence-corrected chi connectivity index (χ4v) is 7.78. The van der Waals surface area contributed by atoms with Gasteiger partial charge in [0.2, 0.25) is 0 Å². The zero-order valence-electron chi connectivity index (χ0n) is 21.2. The Balaban J connectivity index is 0.000000316. The van der Waals surface area contributed by atoms with Gasteiger partial charge in [-0.2, -0.15) is 0 Å². The van der Waals surface area contributed by atoms with E-state index in [9.17, 15) is 17.3 Å². The first kappa shape index (κ1) is 35.4. The Hall–Kier alpha value is -1.64. The van der Waals surface area contributed by atoms with Gasteiger partial charge in [-0.3, -0.25) is 0 Å². The standard InChI is InChI=1S/2C14H16NP.BF4.ClH.Ru/c2*15-11-12-16(13-7-3-1-4-8-13)14-9-5-2-6-10-14;2-1(3,4)5;;/h2*1-10H,11-12,15H2;;1H;/q;;-1;;+2/p-1. The van der Waals surface area contributed by atoms with Gasteiger partial charge in [0.05, 0.1) is 0 Å². The van der Waals surface area contributed by atoms with Crippen molar-refractivity contribution < 1.29 is 34.6 Å². The first-order chi connectivity index (χ1) is 18.8. The second-order valence-electron chi connectivity index (χ2n) is 7.72. The van der Waals surface area contributed by atoms with Crippen LogP contribution in [-0.2, 0) is 17.3 Å². The number of nitrogens with two attached hydrogens (primary N) is 2. The molecule has 0 saturated heterocycles. The number of hydrogen-bond donors (Lipinski definition) is 2. The van der Waals surface area contributed by atoms with Crippen LogP contribution in [-0.4, -0.2) is 32.7 Å². The maximum absolute atomic E-state index is 9.75. The van der Waals surface area contributed by atoms with E-state index in [2.05, 4.69) is 131 Å². The summed E-state index contributed by atoms with van der Waals surface area (Å²) in [6.45, 7) is 1.49. The van der Waals surface area contributed by atoms with Gasteiger partial charge in [0.1, 0.15) is 0 Å². The Labute approximate surface area is 245 Å². The van der Waals surface area contributed by atoms with Gasteiger partial charge >= 0.3 is 34.3 Å². The van der Waals surface area contributed by atoms with Crippen molar-refractivity contribution in [1.82, 2.24) is 0 Å². The van der Waals surface area contributed by atoms with Crippen molar-refractivity contribution in [3.05, 3.63) is 121 Å². The monoisotopic (exact) mass is 682 g/mol. The maximum atomic E-state index is 9.75. The summed E-state index contributed by atoms with van der Waals surface area (Å²) in [5, 5.41) is 5.64. The first-order valence-corrected chi connectivity index (χ1v) is 17.3. The third-order valence-electron chi connectivity index (χ3n) is 4.98. The molecule has 0 aliphatic heterocycles. The van der Waals surface area contributed by atoms with Crippen LogP contribution in [0.1, 0.15) is 0 Å². The molecule has 4 aromatic rings. The van der Waals surface area contributed by atoms with Crippen LogP contribution in [0.25, 0.3) is 0 Å². The molecule has 0 unspecified atom stereocenters. The fraction of sp³-hybridized carbons (Fsp3) is 0.143. The van der Waals surface area contributed by atoms with Gasteiger partial charge in [0, 0.05) is 0 Å².